The summed E-state index contributed by atoms with van der Waals surface area (Å²) >= 11 is 0. The maximum Gasteiger partial charge on any atom is 0.308 e. The average Bonchev–Trinajstić information content (AvgIpc) is 2.67. The van der Waals surface area contributed by atoms with Crippen LogP contribution in [-0.4, -0.2) is 24.2 Å². The number of nitrogens with one attached hydrogen (secondary N) is 1. The Kier molecular flexibility index (Phi) is 2.91. The summed E-state index contributed by atoms with van der Waals surface area (Å²) in [7, 11) is 0. The molecule has 2 N–H and O–H groups in total. The Bertz CT molecular complexity index is 320. The number of hydrogen-bond donors (Lipinski definition) is 2. The van der Waals surface area contributed by atoms with Gasteiger partial charge < -0.3 is 10.4 Å². The molecule has 82 valence electrons. The zero-order chi connectivity index (χ0) is 10.8. The van der Waals surface area contributed by atoms with Crippen molar-refractivity contribution in [3.8, 4) is 0 Å². The topological polar surface area (TPSA) is 49.3 Å². The van der Waals surface area contributed by atoms with Crippen molar-refractivity contribution >= 4 is 5.97 Å². The van der Waals surface area contributed by atoms with Gasteiger partial charge in [-0.2, -0.15) is 0 Å². The van der Waals surface area contributed by atoms with Gasteiger partial charge >= 0.3 is 5.97 Å². The predicted octanol–water partition coefficient (Wildman–Crippen LogP) is 1.43. The van der Waals surface area contributed by atoms with Gasteiger partial charge in [0.05, 0.1) is 5.92 Å². The largest absolute Gasteiger partial charge is 0.481 e. The first-order chi connectivity index (χ1) is 7.20. The van der Waals surface area contributed by atoms with Gasteiger partial charge in [0, 0.05) is 6.54 Å². The maximum absolute atomic E-state index is 11.1. The van der Waals surface area contributed by atoms with Crippen LogP contribution in [0.2, 0.25) is 0 Å². The van der Waals surface area contributed by atoms with Crippen LogP contribution < -0.4 is 5.32 Å². The number of carboxylic acid groups (broad SMARTS) is 1. The second-order valence-electron chi connectivity index (χ2n) is 4.45. The lowest BCUT2D eigenvalue weighted by atomic mass is 9.76. The van der Waals surface area contributed by atoms with E-state index in [9.17, 15) is 4.79 Å². The summed E-state index contributed by atoms with van der Waals surface area (Å²) in [5.74, 6) is -0.216. The second-order valence-corrected chi connectivity index (χ2v) is 4.45. The first kappa shape index (κ1) is 10.4. The van der Waals surface area contributed by atoms with Gasteiger partial charge in [-0.1, -0.05) is 23.8 Å². The Labute approximate surface area is 89.9 Å². The molecule has 3 nitrogen and oxygen atoms in total. The van der Waals surface area contributed by atoms with E-state index in [1.54, 1.807) is 0 Å². The minimum absolute atomic E-state index is 0.218. The van der Waals surface area contributed by atoms with Crippen molar-refractivity contribution in [3.05, 3.63) is 23.8 Å². The Balaban J connectivity index is 2.13. The van der Waals surface area contributed by atoms with Crippen LogP contribution >= 0.6 is 0 Å². The number of carboxylic acids is 1. The molecule has 0 radical (unpaired) electrons. The van der Waals surface area contributed by atoms with E-state index >= 15 is 0 Å². The van der Waals surface area contributed by atoms with Crippen LogP contribution in [-0.2, 0) is 4.79 Å². The lowest BCUT2D eigenvalue weighted by Gasteiger charge is -2.27. The van der Waals surface area contributed by atoms with Crippen LogP contribution in [0.4, 0.5) is 0 Å². The molecule has 0 spiro atoms. The Hall–Kier alpha value is -1.09. The molecule has 2 aliphatic rings. The van der Waals surface area contributed by atoms with Gasteiger partial charge in [-0.3, -0.25) is 4.79 Å². The lowest BCUT2D eigenvalue weighted by Crippen LogP contribution is -2.29. The summed E-state index contributed by atoms with van der Waals surface area (Å²) in [6.07, 6.45) is 7.28. The minimum Gasteiger partial charge on any atom is -0.481 e. The Morgan fingerprint density at radius 1 is 1.53 bits per heavy atom. The molecule has 0 aromatic heterocycles. The molecule has 3 heteroatoms. The van der Waals surface area contributed by atoms with Gasteiger partial charge in [0.2, 0.25) is 0 Å². The highest BCUT2D eigenvalue weighted by Crippen LogP contribution is 2.34. The minimum atomic E-state index is -0.660. The molecule has 0 saturated carbocycles. The summed E-state index contributed by atoms with van der Waals surface area (Å²) in [6.45, 7) is 3.56. The lowest BCUT2D eigenvalue weighted by molar-refractivity contribution is -0.142. The fourth-order valence-corrected chi connectivity index (χ4v) is 2.66. The molecule has 1 heterocycles. The first-order valence-corrected chi connectivity index (χ1v) is 5.47. The summed E-state index contributed by atoms with van der Waals surface area (Å²) < 4.78 is 0. The van der Waals surface area contributed by atoms with Gasteiger partial charge in [-0.25, -0.2) is 0 Å². The summed E-state index contributed by atoms with van der Waals surface area (Å²) in [5.41, 5.74) is 1.32. The average molecular weight is 207 g/mol. The van der Waals surface area contributed by atoms with E-state index in [4.69, 9.17) is 5.11 Å². The molecule has 0 bridgehead atoms. The highest BCUT2D eigenvalue weighted by molar-refractivity contribution is 5.71. The quantitative estimate of drug-likeness (QED) is 0.720. The third-order valence-electron chi connectivity index (χ3n) is 3.57. The standard InChI is InChI=1S/C12H17NO2/c1-8-4-2-3-5-9(8)10-6-13-7-11(10)12(14)15/h2-4,9-11,13H,5-7H2,1H3,(H,14,15)/t9?,10-,11+/m0/s1. The van der Waals surface area contributed by atoms with Gasteiger partial charge in [0.25, 0.3) is 0 Å². The number of aliphatic carboxylic acids is 1. The number of hydrogen-bond acceptors (Lipinski definition) is 2. The molecule has 1 aliphatic carbocycles. The van der Waals surface area contributed by atoms with Crippen LogP contribution in [0.15, 0.2) is 23.8 Å². The molecule has 1 fully saturated rings. The third-order valence-corrected chi connectivity index (χ3v) is 3.57. The van der Waals surface area contributed by atoms with Crippen LogP contribution in [0, 0.1) is 17.8 Å². The molecule has 1 saturated heterocycles. The van der Waals surface area contributed by atoms with Crippen LogP contribution in [0.3, 0.4) is 0 Å². The maximum atomic E-state index is 11.1. The monoisotopic (exact) mass is 207 g/mol. The van der Waals surface area contributed by atoms with Crippen LogP contribution in [0.5, 0.6) is 0 Å². The molecular formula is C12H17NO2. The van der Waals surface area contributed by atoms with Crippen molar-refractivity contribution in [2.24, 2.45) is 17.8 Å². The normalized spacial score (nSPS) is 35.3. The van der Waals surface area contributed by atoms with Crippen molar-refractivity contribution in [2.75, 3.05) is 13.1 Å². The molecule has 1 unspecified atom stereocenters. The summed E-state index contributed by atoms with van der Waals surface area (Å²) in [5, 5.41) is 12.3. The smallest absolute Gasteiger partial charge is 0.308 e. The van der Waals surface area contributed by atoms with Gasteiger partial charge in [0.15, 0.2) is 0 Å². The molecule has 3 atom stereocenters. The van der Waals surface area contributed by atoms with Crippen LogP contribution in [0.1, 0.15) is 13.3 Å². The number of rotatable bonds is 2. The molecular weight excluding hydrogens is 190 g/mol. The van der Waals surface area contributed by atoms with Crippen molar-refractivity contribution < 1.29 is 9.90 Å². The van der Waals surface area contributed by atoms with Crippen LogP contribution in [0.25, 0.3) is 0 Å². The third kappa shape index (κ3) is 1.97. The Morgan fingerprint density at radius 2 is 2.33 bits per heavy atom. The first-order valence-electron chi connectivity index (χ1n) is 5.47. The van der Waals surface area contributed by atoms with E-state index in [1.165, 1.54) is 5.57 Å². The molecule has 15 heavy (non-hydrogen) atoms. The van der Waals surface area contributed by atoms with E-state index in [1.807, 2.05) is 0 Å². The highest BCUT2D eigenvalue weighted by atomic mass is 16.4. The summed E-state index contributed by atoms with van der Waals surface area (Å²) in [6, 6.07) is 0. The van der Waals surface area contributed by atoms with E-state index in [-0.39, 0.29) is 11.8 Å². The van der Waals surface area contributed by atoms with E-state index in [2.05, 4.69) is 30.5 Å². The molecule has 0 aromatic carbocycles. The molecule has 1 aliphatic heterocycles. The highest BCUT2D eigenvalue weighted by Gasteiger charge is 2.38. The summed E-state index contributed by atoms with van der Waals surface area (Å²) in [4.78, 5) is 11.1. The second kappa shape index (κ2) is 4.19. The predicted molar refractivity (Wildman–Crippen MR) is 58.5 cm³/mol. The number of allylic oxidation sites excluding steroid dienone is 4. The SMILES string of the molecule is CC1=CC=CCC1[C@@H]1CNC[C@H]1C(=O)O. The molecule has 2 rings (SSSR count). The van der Waals surface area contributed by atoms with Gasteiger partial charge in [-0.05, 0) is 31.7 Å². The van der Waals surface area contributed by atoms with Crippen molar-refractivity contribution in [1.82, 2.24) is 5.32 Å². The van der Waals surface area contributed by atoms with Gasteiger partial charge in [-0.15, -0.1) is 0 Å². The molecule has 0 aromatic rings. The fourth-order valence-electron chi connectivity index (χ4n) is 2.66. The van der Waals surface area contributed by atoms with Crippen molar-refractivity contribution in [2.45, 2.75) is 13.3 Å². The van der Waals surface area contributed by atoms with E-state index in [0.29, 0.717) is 12.5 Å². The fraction of sp³-hybridized carbons (Fsp3) is 0.583. The van der Waals surface area contributed by atoms with E-state index < -0.39 is 5.97 Å². The van der Waals surface area contributed by atoms with Crippen molar-refractivity contribution in [1.29, 1.82) is 0 Å². The van der Waals surface area contributed by atoms with E-state index in [0.717, 1.165) is 13.0 Å². The number of carbonyl (C=O) groups is 1. The van der Waals surface area contributed by atoms with Gasteiger partial charge in [0.1, 0.15) is 0 Å². The Morgan fingerprint density at radius 3 is 3.00 bits per heavy atom. The zero-order valence-electron chi connectivity index (χ0n) is 8.94. The van der Waals surface area contributed by atoms with Crippen molar-refractivity contribution in [3.63, 3.8) is 0 Å². The zero-order valence-corrected chi connectivity index (χ0v) is 8.94. The molecule has 0 amide bonds.